The number of hydrogen-bond acceptors (Lipinski definition) is 2. The normalized spacial score (nSPS) is 56.7. The minimum absolute atomic E-state index is 0.142. The zero-order valence-corrected chi connectivity index (χ0v) is 21.6. The zero-order valence-electron chi connectivity index (χ0n) is 21.6. The molecule has 8 saturated carbocycles. The third-order valence-corrected chi connectivity index (χ3v) is 12.0. The van der Waals surface area contributed by atoms with E-state index in [1.165, 1.54) is 63.4 Å². The lowest BCUT2D eigenvalue weighted by Crippen LogP contribution is -2.72. The fourth-order valence-electron chi connectivity index (χ4n) is 13.7. The molecule has 0 saturated heterocycles. The molecule has 1 aromatic rings. The lowest BCUT2D eigenvalue weighted by Gasteiger charge is -2.79. The maximum atomic E-state index is 11.9. The Morgan fingerprint density at radius 1 is 0.618 bits per heavy atom. The molecule has 2 N–H and O–H groups in total. The average molecular weight is 463 g/mol. The minimum Gasteiger partial charge on any atom is -0.478 e. The van der Waals surface area contributed by atoms with E-state index in [-0.39, 0.29) is 27.1 Å². The molecule has 8 aliphatic carbocycles. The molecule has 0 aromatic heterocycles. The molecule has 3 nitrogen and oxygen atoms in total. The molecule has 9 rings (SSSR count). The van der Waals surface area contributed by atoms with Crippen molar-refractivity contribution in [3.05, 3.63) is 35.4 Å². The van der Waals surface area contributed by atoms with Crippen LogP contribution in [-0.2, 0) is 5.41 Å². The van der Waals surface area contributed by atoms with Crippen molar-refractivity contribution >= 4 is 5.97 Å². The summed E-state index contributed by atoms with van der Waals surface area (Å²) in [5, 5.41) is 21.4. The van der Waals surface area contributed by atoms with E-state index in [1.54, 1.807) is 0 Å². The van der Waals surface area contributed by atoms with Gasteiger partial charge in [0.15, 0.2) is 0 Å². The lowest BCUT2D eigenvalue weighted by molar-refractivity contribution is -0.300. The summed E-state index contributed by atoms with van der Waals surface area (Å²) in [5.74, 6) is -0.837. The van der Waals surface area contributed by atoms with Gasteiger partial charge in [0, 0.05) is 0 Å². The van der Waals surface area contributed by atoms with Gasteiger partial charge in [0.2, 0.25) is 0 Å². The van der Waals surface area contributed by atoms with Gasteiger partial charge in [0.05, 0.1) is 11.2 Å². The number of carboxylic acids is 1. The van der Waals surface area contributed by atoms with Gasteiger partial charge in [-0.05, 0) is 133 Å². The lowest BCUT2D eigenvalue weighted by atomic mass is 9.26. The summed E-state index contributed by atoms with van der Waals surface area (Å²) in [5.41, 5.74) is 3.20. The molecule has 0 radical (unpaired) electrons. The van der Waals surface area contributed by atoms with E-state index < -0.39 is 11.6 Å². The maximum Gasteiger partial charge on any atom is 0.335 e. The quantitative estimate of drug-likeness (QED) is 0.503. The molecule has 0 aliphatic heterocycles. The van der Waals surface area contributed by atoms with Gasteiger partial charge >= 0.3 is 5.97 Å². The highest BCUT2D eigenvalue weighted by molar-refractivity contribution is 5.87. The molecule has 0 spiro atoms. The van der Waals surface area contributed by atoms with Gasteiger partial charge in [-0.15, -0.1) is 0 Å². The van der Waals surface area contributed by atoms with E-state index in [0.717, 1.165) is 19.3 Å². The standard InChI is InChI=1S/C31H42O3/c1-24-9-25(2)12-28(11-24,22-7-5-21(6-8-22)23(32)33)19-29(13-24,14-25)30-15-26(3)10-27(4,16-30)18-31(34,17-26)20-30/h5-8,34H,9-20H2,1-4H3,(H,32,33). The Kier molecular flexibility index (Phi) is 3.73. The molecule has 4 atom stereocenters. The van der Waals surface area contributed by atoms with E-state index in [2.05, 4.69) is 39.8 Å². The SMILES string of the molecule is CC12CC3(C)CC(O)(C1)CC(C14CC5(C)CC(C)(CC(c6ccc(C(=O)O)cc6)(C5)C1)C4)(C2)C3. The third-order valence-electron chi connectivity index (χ3n) is 12.0. The summed E-state index contributed by atoms with van der Waals surface area (Å²) < 4.78 is 0. The Morgan fingerprint density at radius 2 is 1.06 bits per heavy atom. The predicted molar refractivity (Wildman–Crippen MR) is 133 cm³/mol. The maximum absolute atomic E-state index is 11.9. The van der Waals surface area contributed by atoms with E-state index in [9.17, 15) is 15.0 Å². The van der Waals surface area contributed by atoms with Crippen LogP contribution in [0.25, 0.3) is 0 Å². The highest BCUT2D eigenvalue weighted by Gasteiger charge is 2.76. The van der Waals surface area contributed by atoms with Crippen molar-refractivity contribution in [2.75, 3.05) is 0 Å². The van der Waals surface area contributed by atoms with Crippen molar-refractivity contribution in [2.24, 2.45) is 32.5 Å². The summed E-state index contributed by atoms with van der Waals surface area (Å²) in [6.45, 7) is 10.1. The second-order valence-corrected chi connectivity index (χ2v) is 16.3. The van der Waals surface area contributed by atoms with Crippen molar-refractivity contribution < 1.29 is 15.0 Å². The first-order valence-corrected chi connectivity index (χ1v) is 13.7. The molecule has 0 amide bonds. The van der Waals surface area contributed by atoms with E-state index in [4.69, 9.17) is 0 Å². The van der Waals surface area contributed by atoms with Gasteiger partial charge in [-0.25, -0.2) is 4.79 Å². The minimum atomic E-state index is -0.837. The number of carbonyl (C=O) groups is 1. The molecule has 184 valence electrons. The Morgan fingerprint density at radius 3 is 1.50 bits per heavy atom. The van der Waals surface area contributed by atoms with E-state index >= 15 is 0 Å². The molecule has 3 heteroatoms. The molecule has 8 fully saturated rings. The highest BCUT2D eigenvalue weighted by atomic mass is 16.4. The summed E-state index contributed by atoms with van der Waals surface area (Å²) in [6, 6.07) is 7.96. The summed E-state index contributed by atoms with van der Waals surface area (Å²) >= 11 is 0. The third kappa shape index (κ3) is 2.71. The molecule has 34 heavy (non-hydrogen) atoms. The molecule has 4 unspecified atom stereocenters. The zero-order chi connectivity index (χ0) is 24.0. The van der Waals surface area contributed by atoms with Crippen molar-refractivity contribution in [3.8, 4) is 0 Å². The van der Waals surface area contributed by atoms with Crippen molar-refractivity contribution in [1.82, 2.24) is 0 Å². The van der Waals surface area contributed by atoms with Gasteiger partial charge in [-0.1, -0.05) is 39.8 Å². The Hall–Kier alpha value is -1.35. The highest BCUT2D eigenvalue weighted by Crippen LogP contribution is 2.84. The number of benzene rings is 1. The molecular weight excluding hydrogens is 420 g/mol. The largest absolute Gasteiger partial charge is 0.478 e. The average Bonchev–Trinajstić information content (AvgIpc) is 2.61. The topological polar surface area (TPSA) is 57.5 Å². The van der Waals surface area contributed by atoms with Crippen LogP contribution < -0.4 is 0 Å². The Balaban J connectivity index is 1.38. The van der Waals surface area contributed by atoms with E-state index in [0.29, 0.717) is 16.4 Å². The van der Waals surface area contributed by atoms with Crippen LogP contribution in [0.3, 0.4) is 0 Å². The molecule has 0 heterocycles. The molecular formula is C31H42O3. The number of aromatic carboxylic acids is 1. The van der Waals surface area contributed by atoms with Gasteiger partial charge in [0.25, 0.3) is 0 Å². The first-order valence-electron chi connectivity index (χ1n) is 13.7. The summed E-state index contributed by atoms with van der Waals surface area (Å²) in [6.07, 6.45) is 14.6. The number of rotatable bonds is 3. The van der Waals surface area contributed by atoms with Crippen LogP contribution >= 0.6 is 0 Å². The second-order valence-electron chi connectivity index (χ2n) is 16.3. The van der Waals surface area contributed by atoms with Crippen LogP contribution in [0.5, 0.6) is 0 Å². The first-order chi connectivity index (χ1) is 15.6. The molecule has 1 aromatic carbocycles. The molecule has 8 bridgehead atoms. The van der Waals surface area contributed by atoms with Crippen LogP contribution in [0.4, 0.5) is 0 Å². The van der Waals surface area contributed by atoms with Crippen molar-refractivity contribution in [3.63, 3.8) is 0 Å². The van der Waals surface area contributed by atoms with Gasteiger partial charge in [-0.3, -0.25) is 0 Å². The van der Waals surface area contributed by atoms with Crippen molar-refractivity contribution in [2.45, 2.75) is 116 Å². The van der Waals surface area contributed by atoms with Crippen LogP contribution in [0.1, 0.15) is 121 Å². The first kappa shape index (κ1) is 21.9. The number of carboxylic acid groups (broad SMARTS) is 1. The smallest absolute Gasteiger partial charge is 0.335 e. The molecule has 8 aliphatic rings. The Labute approximate surface area is 204 Å². The number of hydrogen-bond donors (Lipinski definition) is 2. The van der Waals surface area contributed by atoms with Crippen LogP contribution in [-0.4, -0.2) is 21.8 Å². The fraction of sp³-hybridized carbons (Fsp3) is 0.774. The monoisotopic (exact) mass is 462 g/mol. The van der Waals surface area contributed by atoms with Crippen LogP contribution in [0.15, 0.2) is 24.3 Å². The van der Waals surface area contributed by atoms with Crippen LogP contribution in [0, 0.1) is 32.5 Å². The Bertz CT molecular complexity index is 1030. The predicted octanol–water partition coefficient (Wildman–Crippen LogP) is 7.11. The fourth-order valence-corrected chi connectivity index (χ4v) is 13.7. The van der Waals surface area contributed by atoms with Crippen LogP contribution in [0.2, 0.25) is 0 Å². The van der Waals surface area contributed by atoms with Gasteiger partial charge in [-0.2, -0.15) is 0 Å². The van der Waals surface area contributed by atoms with E-state index in [1.807, 2.05) is 12.1 Å². The summed E-state index contributed by atoms with van der Waals surface area (Å²) in [4.78, 5) is 11.5. The summed E-state index contributed by atoms with van der Waals surface area (Å²) in [7, 11) is 0. The van der Waals surface area contributed by atoms with Gasteiger partial charge < -0.3 is 10.2 Å². The van der Waals surface area contributed by atoms with Gasteiger partial charge in [0.1, 0.15) is 0 Å². The number of aliphatic hydroxyl groups is 1. The van der Waals surface area contributed by atoms with Crippen molar-refractivity contribution in [1.29, 1.82) is 0 Å². The second kappa shape index (κ2) is 5.79.